The molecule has 0 spiro atoms. The van der Waals surface area contributed by atoms with E-state index in [9.17, 15) is 19.5 Å². The Balaban J connectivity index is 1.54. The van der Waals surface area contributed by atoms with E-state index in [1.165, 1.54) is 16.5 Å². The number of amides is 1. The van der Waals surface area contributed by atoms with E-state index >= 15 is 0 Å². The number of rotatable bonds is 7. The Morgan fingerprint density at radius 3 is 2.44 bits per heavy atom. The van der Waals surface area contributed by atoms with Crippen molar-refractivity contribution in [2.45, 2.75) is 31.7 Å². The van der Waals surface area contributed by atoms with Crippen LogP contribution in [0.2, 0.25) is 0 Å². The molecule has 7 heteroatoms. The summed E-state index contributed by atoms with van der Waals surface area (Å²) in [6.07, 6.45) is 3.95. The number of hydrogen-bond donors (Lipinski definition) is 3. The van der Waals surface area contributed by atoms with Crippen LogP contribution in [0.25, 0.3) is 0 Å². The fourth-order valence-electron chi connectivity index (χ4n) is 4.41. The van der Waals surface area contributed by atoms with E-state index in [0.29, 0.717) is 5.92 Å². The van der Waals surface area contributed by atoms with Gasteiger partial charge in [-0.1, -0.05) is 42.8 Å². The highest BCUT2D eigenvalue weighted by Crippen LogP contribution is 2.35. The van der Waals surface area contributed by atoms with E-state index in [4.69, 9.17) is 0 Å². The van der Waals surface area contributed by atoms with Crippen molar-refractivity contribution < 1.29 is 9.90 Å². The Labute approximate surface area is 186 Å². The molecule has 0 bridgehead atoms. The van der Waals surface area contributed by atoms with Crippen LogP contribution in [0, 0.1) is 5.92 Å². The minimum atomic E-state index is -0.631. The average molecular weight is 434 g/mol. The topological polar surface area (TPSA) is 98.7 Å². The third-order valence-electron chi connectivity index (χ3n) is 6.17. The Hall–Kier alpha value is -3.61. The fourth-order valence-corrected chi connectivity index (χ4v) is 4.41. The number of phenols is 1. The largest absolute Gasteiger partial charge is 0.505 e. The molecule has 0 aromatic heterocycles. The SMILES string of the molecule is CN(C)C(=O)c1cccc(Nc2c(N[C@@H]3CCC[C@H]3Cc3ccccc3)c(=O)c2=O)c1O. The van der Waals surface area contributed by atoms with Gasteiger partial charge in [0.25, 0.3) is 16.8 Å². The summed E-state index contributed by atoms with van der Waals surface area (Å²) in [6, 6.07) is 15.0. The summed E-state index contributed by atoms with van der Waals surface area (Å²) in [5.41, 5.74) is 0.773. The Morgan fingerprint density at radius 1 is 1.00 bits per heavy atom. The molecule has 1 saturated carbocycles. The van der Waals surface area contributed by atoms with E-state index in [1.807, 2.05) is 18.2 Å². The predicted octanol–water partition coefficient (Wildman–Crippen LogP) is 3.26. The number of carbonyl (C=O) groups is 1. The van der Waals surface area contributed by atoms with Gasteiger partial charge in [0, 0.05) is 20.1 Å². The highest BCUT2D eigenvalue weighted by Gasteiger charge is 2.31. The lowest BCUT2D eigenvalue weighted by Gasteiger charge is -2.24. The lowest BCUT2D eigenvalue weighted by molar-refractivity contribution is 0.0824. The van der Waals surface area contributed by atoms with E-state index in [0.717, 1.165) is 25.7 Å². The molecular formula is C25H27N3O4. The molecule has 0 unspecified atom stereocenters. The van der Waals surface area contributed by atoms with Crippen molar-refractivity contribution in [3.63, 3.8) is 0 Å². The molecule has 166 valence electrons. The number of aromatic hydroxyl groups is 1. The number of hydrogen-bond acceptors (Lipinski definition) is 6. The first-order valence-electron chi connectivity index (χ1n) is 10.8. The van der Waals surface area contributed by atoms with E-state index in [2.05, 4.69) is 22.8 Å². The fraction of sp³-hybridized carbons (Fsp3) is 0.320. The molecule has 3 N–H and O–H groups in total. The van der Waals surface area contributed by atoms with Crippen LogP contribution < -0.4 is 21.5 Å². The van der Waals surface area contributed by atoms with Gasteiger partial charge in [-0.05, 0) is 42.9 Å². The molecule has 0 saturated heterocycles. The minimum Gasteiger partial charge on any atom is -0.505 e. The second-order valence-electron chi connectivity index (χ2n) is 8.57. The third-order valence-corrected chi connectivity index (χ3v) is 6.17. The molecule has 0 aliphatic heterocycles. The molecule has 1 amide bonds. The highest BCUT2D eigenvalue weighted by molar-refractivity contribution is 5.99. The molecule has 4 rings (SSSR count). The first-order valence-corrected chi connectivity index (χ1v) is 10.8. The summed E-state index contributed by atoms with van der Waals surface area (Å²) in [7, 11) is 3.18. The van der Waals surface area contributed by atoms with Gasteiger partial charge in [-0.15, -0.1) is 0 Å². The van der Waals surface area contributed by atoms with Gasteiger partial charge in [0.1, 0.15) is 11.4 Å². The van der Waals surface area contributed by atoms with Crippen LogP contribution >= 0.6 is 0 Å². The standard InChI is InChI=1S/C25H27N3O4/c1-28(2)25(32)17-11-7-13-19(22(17)29)27-21-20(23(30)24(21)31)26-18-12-6-10-16(18)14-15-8-4-3-5-9-15/h3-5,7-9,11,13,16,18,26-27,29H,6,10,12,14H2,1-2H3/t16-,18+/m0/s1. The molecule has 0 heterocycles. The number of nitrogens with zero attached hydrogens (tertiary/aromatic N) is 1. The molecule has 0 radical (unpaired) electrons. The van der Waals surface area contributed by atoms with E-state index < -0.39 is 10.9 Å². The molecule has 2 atom stereocenters. The lowest BCUT2D eigenvalue weighted by atomic mass is 9.94. The molecular weight excluding hydrogens is 406 g/mol. The summed E-state index contributed by atoms with van der Waals surface area (Å²) in [5.74, 6) is -0.249. The van der Waals surface area contributed by atoms with Crippen LogP contribution in [0.5, 0.6) is 5.75 Å². The van der Waals surface area contributed by atoms with Gasteiger partial charge in [-0.2, -0.15) is 0 Å². The van der Waals surface area contributed by atoms with Crippen molar-refractivity contribution in [2.75, 3.05) is 24.7 Å². The quantitative estimate of drug-likeness (QED) is 0.391. The summed E-state index contributed by atoms with van der Waals surface area (Å²) >= 11 is 0. The molecule has 3 aromatic carbocycles. The summed E-state index contributed by atoms with van der Waals surface area (Å²) in [6.45, 7) is 0. The smallest absolute Gasteiger partial charge is 0.257 e. The van der Waals surface area contributed by atoms with Crippen molar-refractivity contribution in [1.82, 2.24) is 4.90 Å². The minimum absolute atomic E-state index is 0.0920. The monoisotopic (exact) mass is 433 g/mol. The second kappa shape index (κ2) is 8.86. The second-order valence-corrected chi connectivity index (χ2v) is 8.57. The van der Waals surface area contributed by atoms with Crippen molar-refractivity contribution in [3.05, 3.63) is 80.1 Å². The summed E-state index contributed by atoms with van der Waals surface area (Å²) in [5, 5.41) is 16.7. The number of nitrogens with one attached hydrogen (secondary N) is 2. The normalized spacial score (nSPS) is 17.9. The van der Waals surface area contributed by atoms with Gasteiger partial charge >= 0.3 is 0 Å². The zero-order valence-corrected chi connectivity index (χ0v) is 18.2. The third kappa shape index (κ3) is 4.10. The van der Waals surface area contributed by atoms with Gasteiger partial charge in [-0.25, -0.2) is 0 Å². The highest BCUT2D eigenvalue weighted by atomic mass is 16.3. The van der Waals surface area contributed by atoms with Crippen LogP contribution in [-0.4, -0.2) is 36.1 Å². The summed E-state index contributed by atoms with van der Waals surface area (Å²) in [4.78, 5) is 38.3. The van der Waals surface area contributed by atoms with Gasteiger partial charge in [0.05, 0.1) is 11.3 Å². The van der Waals surface area contributed by atoms with Gasteiger partial charge in [0.15, 0.2) is 5.75 Å². The Bertz CT molecular complexity index is 1200. The van der Waals surface area contributed by atoms with E-state index in [-0.39, 0.29) is 40.3 Å². The number of phenolic OH excluding ortho intramolecular Hbond substituents is 1. The first-order chi connectivity index (χ1) is 15.4. The molecule has 3 aromatic rings. The van der Waals surface area contributed by atoms with Crippen LogP contribution in [0.4, 0.5) is 17.1 Å². The van der Waals surface area contributed by atoms with Crippen molar-refractivity contribution in [1.29, 1.82) is 0 Å². The van der Waals surface area contributed by atoms with Crippen molar-refractivity contribution in [2.24, 2.45) is 5.92 Å². The zero-order chi connectivity index (χ0) is 22.8. The number of carbonyl (C=O) groups excluding carboxylic acids is 1. The van der Waals surface area contributed by atoms with Crippen molar-refractivity contribution in [3.8, 4) is 5.75 Å². The first kappa shape index (κ1) is 21.6. The van der Waals surface area contributed by atoms with Gasteiger partial charge in [-0.3, -0.25) is 14.4 Å². The van der Waals surface area contributed by atoms with Crippen molar-refractivity contribution >= 4 is 23.0 Å². The van der Waals surface area contributed by atoms with Crippen LogP contribution in [-0.2, 0) is 6.42 Å². The molecule has 1 aliphatic carbocycles. The van der Waals surface area contributed by atoms with E-state index in [1.54, 1.807) is 26.2 Å². The molecule has 1 fully saturated rings. The number of anilines is 3. The van der Waals surface area contributed by atoms with Crippen LogP contribution in [0.15, 0.2) is 58.1 Å². The lowest BCUT2D eigenvalue weighted by Crippen LogP contribution is -2.40. The predicted molar refractivity (Wildman–Crippen MR) is 126 cm³/mol. The summed E-state index contributed by atoms with van der Waals surface area (Å²) < 4.78 is 0. The molecule has 32 heavy (non-hydrogen) atoms. The Kier molecular flexibility index (Phi) is 5.99. The zero-order valence-electron chi connectivity index (χ0n) is 18.2. The molecule has 7 nitrogen and oxygen atoms in total. The van der Waals surface area contributed by atoms with Crippen LogP contribution in [0.3, 0.4) is 0 Å². The maximum Gasteiger partial charge on any atom is 0.257 e. The molecule has 1 aliphatic rings. The Morgan fingerprint density at radius 2 is 1.72 bits per heavy atom. The number of benzene rings is 2. The van der Waals surface area contributed by atoms with Gasteiger partial charge in [0.2, 0.25) is 0 Å². The number of para-hydroxylation sites is 1. The maximum atomic E-state index is 12.3. The maximum absolute atomic E-state index is 12.3. The average Bonchev–Trinajstić information content (AvgIpc) is 3.23. The van der Waals surface area contributed by atoms with Gasteiger partial charge < -0.3 is 20.6 Å². The van der Waals surface area contributed by atoms with Crippen LogP contribution in [0.1, 0.15) is 35.2 Å².